The van der Waals surface area contributed by atoms with E-state index in [2.05, 4.69) is 5.32 Å². The van der Waals surface area contributed by atoms with Crippen LogP contribution in [0.2, 0.25) is 0 Å². The number of nitrogens with zero attached hydrogens (tertiary/aromatic N) is 2. The average molecular weight is 470 g/mol. The van der Waals surface area contributed by atoms with Gasteiger partial charge in [0.15, 0.2) is 11.5 Å². The molecular formula is C28H27N3O4. The number of benzene rings is 3. The summed E-state index contributed by atoms with van der Waals surface area (Å²) in [6.07, 6.45) is 0. The first-order chi connectivity index (χ1) is 17.2. The zero-order valence-corrected chi connectivity index (χ0v) is 19.9. The van der Waals surface area contributed by atoms with Crippen LogP contribution in [-0.4, -0.2) is 35.8 Å². The van der Waals surface area contributed by atoms with Gasteiger partial charge in [-0.2, -0.15) is 0 Å². The monoisotopic (exact) mass is 469 g/mol. The van der Waals surface area contributed by atoms with Gasteiger partial charge in [-0.05, 0) is 49.2 Å². The third-order valence-electron chi connectivity index (χ3n) is 5.99. The fourth-order valence-electron chi connectivity index (χ4n) is 4.54. The maximum atomic E-state index is 13.5. The summed E-state index contributed by atoms with van der Waals surface area (Å²) in [6, 6.07) is 22.9. The second-order valence-electron chi connectivity index (χ2n) is 8.04. The van der Waals surface area contributed by atoms with Gasteiger partial charge in [-0.15, -0.1) is 0 Å². The summed E-state index contributed by atoms with van der Waals surface area (Å²) in [7, 11) is 1.61. The molecule has 1 aromatic heterocycles. The summed E-state index contributed by atoms with van der Waals surface area (Å²) in [6.45, 7) is 4.52. The lowest BCUT2D eigenvalue weighted by Gasteiger charge is -2.31. The number of hydrogen-bond donors (Lipinski definition) is 1. The summed E-state index contributed by atoms with van der Waals surface area (Å²) in [4.78, 5) is 18.4. The molecule has 0 fully saturated rings. The van der Waals surface area contributed by atoms with Gasteiger partial charge in [-0.1, -0.05) is 48.5 Å². The molecule has 4 aromatic rings. The molecule has 5 rings (SSSR count). The molecule has 2 heterocycles. The van der Waals surface area contributed by atoms with E-state index < -0.39 is 6.04 Å². The van der Waals surface area contributed by atoms with Crippen molar-refractivity contribution >= 4 is 28.6 Å². The SMILES string of the molecule is CCOC(=O)C1=C(c2ccccc2)Nc2nc3ccccc3n2C1c1ccc(OCC)c(OC)c1. The Labute approximate surface area is 204 Å². The van der Waals surface area contributed by atoms with Crippen molar-refractivity contribution in [3.05, 3.63) is 89.5 Å². The van der Waals surface area contributed by atoms with Crippen LogP contribution in [-0.2, 0) is 9.53 Å². The Morgan fingerprint density at radius 1 is 0.971 bits per heavy atom. The fourth-order valence-corrected chi connectivity index (χ4v) is 4.54. The van der Waals surface area contributed by atoms with Crippen LogP contribution in [0.3, 0.4) is 0 Å². The average Bonchev–Trinajstić information content (AvgIpc) is 3.27. The molecule has 0 aliphatic carbocycles. The van der Waals surface area contributed by atoms with Crippen molar-refractivity contribution in [2.45, 2.75) is 19.9 Å². The van der Waals surface area contributed by atoms with E-state index in [1.807, 2.05) is 91.2 Å². The summed E-state index contributed by atoms with van der Waals surface area (Å²) in [5.41, 5.74) is 4.63. The molecule has 3 aromatic carbocycles. The maximum absolute atomic E-state index is 13.5. The highest BCUT2D eigenvalue weighted by molar-refractivity contribution is 6.03. The standard InChI is InChI=1S/C28H27N3O4/c1-4-34-22-16-15-19(17-23(22)33-3)26-24(27(32)35-5-2)25(18-11-7-6-8-12-18)30-28-29-20-13-9-10-14-21(20)31(26)28/h6-17,26H,4-5H2,1-3H3,(H,29,30). The largest absolute Gasteiger partial charge is 0.493 e. The molecule has 0 spiro atoms. The zero-order valence-electron chi connectivity index (χ0n) is 19.9. The number of carbonyl (C=O) groups is 1. The number of hydrogen-bond acceptors (Lipinski definition) is 6. The predicted molar refractivity (Wildman–Crippen MR) is 136 cm³/mol. The van der Waals surface area contributed by atoms with E-state index in [9.17, 15) is 4.79 Å². The molecular weight excluding hydrogens is 442 g/mol. The van der Waals surface area contributed by atoms with Gasteiger partial charge in [0, 0.05) is 0 Å². The van der Waals surface area contributed by atoms with Gasteiger partial charge in [0.25, 0.3) is 0 Å². The highest BCUT2D eigenvalue weighted by atomic mass is 16.5. The molecule has 178 valence electrons. The maximum Gasteiger partial charge on any atom is 0.338 e. The Hall–Kier alpha value is -4.26. The first-order valence-electron chi connectivity index (χ1n) is 11.7. The molecule has 1 aliphatic rings. The topological polar surface area (TPSA) is 74.6 Å². The van der Waals surface area contributed by atoms with Gasteiger partial charge in [-0.3, -0.25) is 4.57 Å². The van der Waals surface area contributed by atoms with E-state index in [1.165, 1.54) is 0 Å². The molecule has 1 unspecified atom stereocenters. The number of imidazole rings is 1. The van der Waals surface area contributed by atoms with Crippen molar-refractivity contribution in [2.24, 2.45) is 0 Å². The first-order valence-corrected chi connectivity index (χ1v) is 11.7. The molecule has 0 saturated carbocycles. The third-order valence-corrected chi connectivity index (χ3v) is 5.99. The minimum atomic E-state index is -0.502. The number of aromatic nitrogens is 2. The van der Waals surface area contributed by atoms with Crippen LogP contribution in [0.4, 0.5) is 5.95 Å². The molecule has 1 N–H and O–H groups in total. The molecule has 7 heteroatoms. The number of ether oxygens (including phenoxy) is 3. The lowest BCUT2D eigenvalue weighted by molar-refractivity contribution is -0.138. The number of methoxy groups -OCH3 is 1. The molecule has 7 nitrogen and oxygen atoms in total. The van der Waals surface area contributed by atoms with Crippen LogP contribution < -0.4 is 14.8 Å². The van der Waals surface area contributed by atoms with Crippen molar-refractivity contribution in [1.29, 1.82) is 0 Å². The highest BCUT2D eigenvalue weighted by Crippen LogP contribution is 2.44. The Morgan fingerprint density at radius 2 is 1.74 bits per heavy atom. The number of fused-ring (bicyclic) bond motifs is 3. The lowest BCUT2D eigenvalue weighted by atomic mass is 9.92. The van der Waals surface area contributed by atoms with E-state index in [1.54, 1.807) is 7.11 Å². The summed E-state index contributed by atoms with van der Waals surface area (Å²) >= 11 is 0. The number of carbonyl (C=O) groups excluding carboxylic acids is 1. The van der Waals surface area contributed by atoms with E-state index in [-0.39, 0.29) is 12.6 Å². The van der Waals surface area contributed by atoms with Gasteiger partial charge < -0.3 is 19.5 Å². The van der Waals surface area contributed by atoms with E-state index in [0.29, 0.717) is 35.3 Å². The van der Waals surface area contributed by atoms with Crippen LogP contribution in [0.5, 0.6) is 11.5 Å². The minimum Gasteiger partial charge on any atom is -0.493 e. The molecule has 0 amide bonds. The van der Waals surface area contributed by atoms with Gasteiger partial charge in [0.2, 0.25) is 5.95 Å². The number of nitrogens with one attached hydrogen (secondary N) is 1. The van der Waals surface area contributed by atoms with Gasteiger partial charge in [0.05, 0.1) is 48.7 Å². The van der Waals surface area contributed by atoms with E-state index in [0.717, 1.165) is 22.2 Å². The van der Waals surface area contributed by atoms with Crippen molar-refractivity contribution in [2.75, 3.05) is 25.6 Å². The van der Waals surface area contributed by atoms with Crippen molar-refractivity contribution in [3.8, 4) is 11.5 Å². The number of para-hydroxylation sites is 2. The van der Waals surface area contributed by atoms with Gasteiger partial charge >= 0.3 is 5.97 Å². The zero-order chi connectivity index (χ0) is 24.4. The number of rotatable bonds is 7. The van der Waals surface area contributed by atoms with Crippen LogP contribution in [0.1, 0.15) is 31.0 Å². The number of anilines is 1. The van der Waals surface area contributed by atoms with Crippen molar-refractivity contribution in [3.63, 3.8) is 0 Å². The third kappa shape index (κ3) is 3.99. The minimum absolute atomic E-state index is 0.265. The fraction of sp³-hybridized carbons (Fsp3) is 0.214. The van der Waals surface area contributed by atoms with Crippen LogP contribution in [0.15, 0.2) is 78.4 Å². The Morgan fingerprint density at radius 3 is 2.49 bits per heavy atom. The highest BCUT2D eigenvalue weighted by Gasteiger charge is 2.37. The van der Waals surface area contributed by atoms with Crippen LogP contribution >= 0.6 is 0 Å². The van der Waals surface area contributed by atoms with Crippen LogP contribution in [0.25, 0.3) is 16.7 Å². The number of esters is 1. The second-order valence-corrected chi connectivity index (χ2v) is 8.04. The Kier molecular flexibility index (Phi) is 6.14. The normalized spacial score (nSPS) is 14.9. The molecule has 0 saturated heterocycles. The molecule has 1 atom stereocenters. The quantitative estimate of drug-likeness (QED) is 0.364. The van der Waals surface area contributed by atoms with Crippen molar-refractivity contribution in [1.82, 2.24) is 9.55 Å². The first kappa shape index (κ1) is 22.5. The molecule has 0 radical (unpaired) electrons. The van der Waals surface area contributed by atoms with Crippen LogP contribution in [0, 0.1) is 0 Å². The lowest BCUT2D eigenvalue weighted by Crippen LogP contribution is -2.29. The summed E-state index contributed by atoms with van der Waals surface area (Å²) in [5, 5.41) is 3.43. The predicted octanol–water partition coefficient (Wildman–Crippen LogP) is 5.43. The molecule has 1 aliphatic heterocycles. The second kappa shape index (κ2) is 9.54. The Balaban J connectivity index is 1.81. The molecule has 35 heavy (non-hydrogen) atoms. The summed E-state index contributed by atoms with van der Waals surface area (Å²) < 4.78 is 19.0. The Bertz CT molecular complexity index is 1410. The van der Waals surface area contributed by atoms with Gasteiger partial charge in [0.1, 0.15) is 0 Å². The summed E-state index contributed by atoms with van der Waals surface area (Å²) in [5.74, 6) is 1.50. The van der Waals surface area contributed by atoms with Gasteiger partial charge in [-0.25, -0.2) is 9.78 Å². The smallest absolute Gasteiger partial charge is 0.338 e. The van der Waals surface area contributed by atoms with Crippen molar-refractivity contribution < 1.29 is 19.0 Å². The van der Waals surface area contributed by atoms with E-state index >= 15 is 0 Å². The molecule has 0 bridgehead atoms. The van der Waals surface area contributed by atoms with E-state index in [4.69, 9.17) is 19.2 Å².